The minimum Gasteiger partial charge on any atom is -0.457 e. The van der Waals surface area contributed by atoms with Crippen LogP contribution < -0.4 is 14.4 Å². The summed E-state index contributed by atoms with van der Waals surface area (Å²) in [4.78, 5) is 2.44. The molecule has 2 aliphatic heterocycles. The van der Waals surface area contributed by atoms with Gasteiger partial charge in [-0.05, 0) is 140 Å². The van der Waals surface area contributed by atoms with Crippen molar-refractivity contribution in [3.8, 4) is 67.5 Å². The first-order chi connectivity index (χ1) is 38.7. The number of hydrogen-bond donors (Lipinski definition) is 0. The van der Waals surface area contributed by atoms with Crippen molar-refractivity contribution >= 4 is 48.6 Å². The summed E-state index contributed by atoms with van der Waals surface area (Å²) in [5, 5.41) is 2.61. The van der Waals surface area contributed by atoms with E-state index in [2.05, 4.69) is 278 Å². The Morgan fingerprint density at radius 1 is 0.269 bits per heavy atom. The summed E-state index contributed by atoms with van der Waals surface area (Å²) < 4.78 is 16.0. The monoisotopic (exact) mass is 1010 g/mol. The second-order valence-electron chi connectivity index (χ2n) is 21.0. The van der Waals surface area contributed by atoms with Gasteiger partial charge in [-0.15, -0.1) is 11.3 Å². The Morgan fingerprint density at radius 3 is 1.23 bits per heavy atom. The van der Waals surface area contributed by atoms with Gasteiger partial charge in [0.2, 0.25) is 0 Å². The molecule has 13 aromatic rings. The van der Waals surface area contributed by atoms with Crippen LogP contribution in [0.2, 0.25) is 0 Å². The Hall–Kier alpha value is -9.74. The van der Waals surface area contributed by atoms with E-state index in [9.17, 15) is 0 Å². The van der Waals surface area contributed by atoms with Crippen LogP contribution in [0.4, 0.5) is 17.1 Å². The largest absolute Gasteiger partial charge is 0.457 e. The number of hydrogen-bond acceptors (Lipinski definition) is 4. The van der Waals surface area contributed by atoms with Gasteiger partial charge in [-0.3, -0.25) is 0 Å². The van der Waals surface area contributed by atoms with Crippen LogP contribution in [0.15, 0.2) is 273 Å². The summed E-state index contributed by atoms with van der Waals surface area (Å²) in [7, 11) is 0. The van der Waals surface area contributed by atoms with E-state index in [1.165, 1.54) is 75.8 Å². The van der Waals surface area contributed by atoms with Crippen LogP contribution in [0.3, 0.4) is 0 Å². The molecule has 0 atom stereocenters. The number of fused-ring (bicyclic) bond motifs is 21. The summed E-state index contributed by atoms with van der Waals surface area (Å²) in [5.41, 5.74) is 21.5. The smallest absolute Gasteiger partial charge is 0.132 e. The van der Waals surface area contributed by atoms with Crippen molar-refractivity contribution in [1.29, 1.82) is 0 Å². The highest BCUT2D eigenvalue weighted by atomic mass is 32.1. The molecule has 12 aromatic carbocycles. The molecule has 364 valence electrons. The number of para-hydroxylation sites is 4. The highest BCUT2D eigenvalue weighted by Crippen LogP contribution is 2.64. The highest BCUT2D eigenvalue weighted by molar-refractivity contribution is 7.26. The van der Waals surface area contributed by atoms with Crippen LogP contribution in [0, 0.1) is 0 Å². The van der Waals surface area contributed by atoms with Crippen molar-refractivity contribution < 1.29 is 9.47 Å². The lowest BCUT2D eigenvalue weighted by Gasteiger charge is -2.39. The van der Waals surface area contributed by atoms with Gasteiger partial charge in [0.15, 0.2) is 0 Å². The van der Waals surface area contributed by atoms with Gasteiger partial charge in [0, 0.05) is 59.5 Å². The fourth-order valence-electron chi connectivity index (χ4n) is 14.0. The first kappa shape index (κ1) is 43.5. The molecular formula is C74H45NO2S. The minimum absolute atomic E-state index is 0.547. The molecule has 78 heavy (non-hydrogen) atoms. The maximum Gasteiger partial charge on any atom is 0.132 e. The third kappa shape index (κ3) is 5.87. The average Bonchev–Trinajstić information content (AvgIpc) is 3.13. The van der Waals surface area contributed by atoms with E-state index in [1.54, 1.807) is 0 Å². The molecule has 2 aliphatic carbocycles. The predicted octanol–water partition coefficient (Wildman–Crippen LogP) is 19.8. The summed E-state index contributed by atoms with van der Waals surface area (Å²) in [6.45, 7) is 0. The summed E-state index contributed by atoms with van der Waals surface area (Å²) >= 11 is 1.87. The lowest BCUT2D eigenvalue weighted by atomic mass is 9.66. The molecule has 2 spiro atoms. The maximum atomic E-state index is 6.74. The quantitative estimate of drug-likeness (QED) is 0.171. The Kier molecular flexibility index (Phi) is 9.14. The molecule has 4 heteroatoms. The SMILES string of the molecule is c1ccc2c(c1)Oc1ccccc1C21c2ccccc2-c2ccc(-c3ccc(N(c4ccc(-c5cccc6c5sc5ccccc56)cc4)c4ccc5c(c4)C4(c6ccccc6Oc6ccccc64)c4ccccc4-5)cc3)cc21. The normalized spacial score (nSPS) is 14.1. The van der Waals surface area contributed by atoms with E-state index >= 15 is 0 Å². The van der Waals surface area contributed by atoms with Gasteiger partial charge in [-0.1, -0.05) is 200 Å². The van der Waals surface area contributed by atoms with Crippen molar-refractivity contribution in [2.24, 2.45) is 0 Å². The lowest BCUT2D eigenvalue weighted by molar-refractivity contribution is 0.436. The zero-order valence-corrected chi connectivity index (χ0v) is 43.0. The van der Waals surface area contributed by atoms with Gasteiger partial charge in [0.25, 0.3) is 0 Å². The zero-order valence-electron chi connectivity index (χ0n) is 42.2. The summed E-state index contributed by atoms with van der Waals surface area (Å²) in [6.07, 6.45) is 0. The number of anilines is 3. The van der Waals surface area contributed by atoms with Crippen LogP contribution in [0.5, 0.6) is 23.0 Å². The van der Waals surface area contributed by atoms with E-state index in [1.807, 2.05) is 11.3 Å². The minimum atomic E-state index is -0.605. The lowest BCUT2D eigenvalue weighted by Crippen LogP contribution is -2.32. The predicted molar refractivity (Wildman–Crippen MR) is 320 cm³/mol. The average molecular weight is 1010 g/mol. The van der Waals surface area contributed by atoms with Crippen molar-refractivity contribution in [3.63, 3.8) is 0 Å². The number of ether oxygens (including phenoxy) is 2. The Labute approximate surface area is 456 Å². The zero-order chi connectivity index (χ0) is 51.1. The van der Waals surface area contributed by atoms with Crippen molar-refractivity contribution in [1.82, 2.24) is 0 Å². The van der Waals surface area contributed by atoms with Gasteiger partial charge in [0.05, 0.1) is 10.8 Å². The van der Waals surface area contributed by atoms with Gasteiger partial charge in [-0.2, -0.15) is 0 Å². The topological polar surface area (TPSA) is 21.7 Å². The fraction of sp³-hybridized carbons (Fsp3) is 0.0270. The standard InChI is InChI=1S/C74H45NO2S/c1-4-21-59-53(16-1)55-42-36-48(44-65(55)73(59)61-23-6-10-27-67(61)76-68-28-11-7-24-62(68)73)46-32-37-49(38-33-46)75(50-39-34-47(35-40-50)52-19-15-20-58-57-18-3-14-31-71(57)78-72(52)58)51-41-43-56-54-17-2-5-22-60(54)74(66(56)45-51)63-25-8-12-29-69(63)77-70-30-13-9-26-64(70)74/h1-45H. The fourth-order valence-corrected chi connectivity index (χ4v) is 15.3. The van der Waals surface area contributed by atoms with E-state index in [4.69, 9.17) is 9.47 Å². The first-order valence-corrected chi connectivity index (χ1v) is 27.6. The molecule has 0 saturated heterocycles. The molecule has 3 heterocycles. The van der Waals surface area contributed by atoms with Crippen LogP contribution in [0.25, 0.3) is 64.7 Å². The molecule has 0 amide bonds. The van der Waals surface area contributed by atoms with Crippen LogP contribution in [0.1, 0.15) is 44.5 Å². The third-order valence-corrected chi connectivity index (χ3v) is 18.5. The second kappa shape index (κ2) is 16.4. The molecule has 0 bridgehead atoms. The van der Waals surface area contributed by atoms with E-state index in [0.717, 1.165) is 73.4 Å². The van der Waals surface area contributed by atoms with E-state index in [0.29, 0.717) is 0 Å². The molecule has 4 aliphatic rings. The van der Waals surface area contributed by atoms with Crippen molar-refractivity contribution in [3.05, 3.63) is 317 Å². The molecule has 0 N–H and O–H groups in total. The van der Waals surface area contributed by atoms with Crippen LogP contribution in [-0.4, -0.2) is 0 Å². The summed E-state index contributed by atoms with van der Waals surface area (Å²) in [6, 6.07) is 100. The van der Waals surface area contributed by atoms with Crippen molar-refractivity contribution in [2.45, 2.75) is 10.8 Å². The highest BCUT2D eigenvalue weighted by Gasteiger charge is 2.52. The molecule has 0 unspecified atom stereocenters. The molecule has 0 fully saturated rings. The molecule has 0 radical (unpaired) electrons. The van der Waals surface area contributed by atoms with Gasteiger partial charge < -0.3 is 14.4 Å². The van der Waals surface area contributed by atoms with Crippen LogP contribution in [-0.2, 0) is 10.8 Å². The second-order valence-corrected chi connectivity index (χ2v) is 22.0. The van der Waals surface area contributed by atoms with Crippen LogP contribution >= 0.6 is 11.3 Å². The molecule has 1 aromatic heterocycles. The molecular weight excluding hydrogens is 967 g/mol. The number of benzene rings is 12. The third-order valence-electron chi connectivity index (χ3n) is 17.2. The number of thiophene rings is 1. The number of rotatable bonds is 5. The summed E-state index contributed by atoms with van der Waals surface area (Å²) in [5.74, 6) is 3.55. The Balaban J connectivity index is 0.839. The molecule has 3 nitrogen and oxygen atoms in total. The number of nitrogens with zero attached hydrogens (tertiary/aromatic N) is 1. The van der Waals surface area contributed by atoms with E-state index < -0.39 is 10.8 Å². The van der Waals surface area contributed by atoms with E-state index in [-0.39, 0.29) is 0 Å². The van der Waals surface area contributed by atoms with Gasteiger partial charge in [-0.25, -0.2) is 0 Å². The van der Waals surface area contributed by atoms with Gasteiger partial charge in [0.1, 0.15) is 23.0 Å². The van der Waals surface area contributed by atoms with Gasteiger partial charge >= 0.3 is 0 Å². The maximum absolute atomic E-state index is 6.74. The first-order valence-electron chi connectivity index (χ1n) is 26.8. The molecule has 17 rings (SSSR count). The van der Waals surface area contributed by atoms with Crippen molar-refractivity contribution in [2.75, 3.05) is 4.90 Å². The molecule has 0 saturated carbocycles. The Morgan fingerprint density at radius 2 is 0.667 bits per heavy atom. The Bertz CT molecular complexity index is 4550.